The van der Waals surface area contributed by atoms with Gasteiger partial charge in [0.1, 0.15) is 11.8 Å². The Kier molecular flexibility index (Phi) is 8.64. The van der Waals surface area contributed by atoms with Crippen molar-refractivity contribution in [3.05, 3.63) is 102 Å². The third-order valence-corrected chi connectivity index (χ3v) is 5.81. The van der Waals surface area contributed by atoms with E-state index in [9.17, 15) is 9.59 Å². The molecule has 0 saturated carbocycles. The number of amides is 2. The highest BCUT2D eigenvalue weighted by molar-refractivity contribution is 5.87. The molecule has 33 heavy (non-hydrogen) atoms. The molecule has 1 N–H and O–H groups in total. The molecule has 2 amide bonds. The molecule has 0 spiro atoms. The normalized spacial score (nSPS) is 11.6. The second-order valence-corrected chi connectivity index (χ2v) is 8.02. The van der Waals surface area contributed by atoms with E-state index in [0.717, 1.165) is 22.4 Å². The third-order valence-electron chi connectivity index (χ3n) is 5.81. The lowest BCUT2D eigenvalue weighted by molar-refractivity contribution is -0.140. The number of hydrogen-bond acceptors (Lipinski definition) is 3. The summed E-state index contributed by atoms with van der Waals surface area (Å²) in [5.41, 5.74) is 3.09. The van der Waals surface area contributed by atoms with Gasteiger partial charge in [-0.3, -0.25) is 9.59 Å². The number of hydrogen-bond donors (Lipinski definition) is 1. The molecular weight excluding hydrogens is 412 g/mol. The number of benzene rings is 3. The van der Waals surface area contributed by atoms with Gasteiger partial charge in [-0.2, -0.15) is 0 Å². The molecule has 0 saturated heterocycles. The van der Waals surface area contributed by atoms with Crippen LogP contribution in [0, 0.1) is 0 Å². The van der Waals surface area contributed by atoms with Crippen molar-refractivity contribution in [3.8, 4) is 5.75 Å². The lowest BCUT2D eigenvalue weighted by Gasteiger charge is -2.30. The van der Waals surface area contributed by atoms with Crippen LogP contribution in [0.3, 0.4) is 0 Å². The van der Waals surface area contributed by atoms with Gasteiger partial charge >= 0.3 is 0 Å². The Morgan fingerprint density at radius 2 is 1.42 bits per heavy atom. The van der Waals surface area contributed by atoms with E-state index in [-0.39, 0.29) is 24.2 Å². The first-order valence-electron chi connectivity index (χ1n) is 11.3. The van der Waals surface area contributed by atoms with Crippen LogP contribution in [0.15, 0.2) is 84.9 Å². The summed E-state index contributed by atoms with van der Waals surface area (Å²) in [6.07, 6.45) is 0.272. The maximum atomic E-state index is 13.7. The van der Waals surface area contributed by atoms with Gasteiger partial charge in [0.2, 0.25) is 11.8 Å². The van der Waals surface area contributed by atoms with Gasteiger partial charge in [0.25, 0.3) is 0 Å². The maximum absolute atomic E-state index is 13.7. The van der Waals surface area contributed by atoms with Gasteiger partial charge in [-0.25, -0.2) is 0 Å². The molecule has 172 valence electrons. The summed E-state index contributed by atoms with van der Waals surface area (Å²) in [4.78, 5) is 28.1. The van der Waals surface area contributed by atoms with Crippen molar-refractivity contribution in [1.82, 2.24) is 10.2 Å². The number of ether oxygens (including phenoxy) is 1. The van der Waals surface area contributed by atoms with Crippen LogP contribution < -0.4 is 10.1 Å². The summed E-state index contributed by atoms with van der Waals surface area (Å²) in [6, 6.07) is 27.1. The van der Waals surface area contributed by atoms with Crippen LogP contribution in [0.1, 0.15) is 42.9 Å². The summed E-state index contributed by atoms with van der Waals surface area (Å²) in [6.45, 7) is 4.52. The number of rotatable bonds is 10. The summed E-state index contributed by atoms with van der Waals surface area (Å²) >= 11 is 0. The van der Waals surface area contributed by atoms with E-state index >= 15 is 0 Å². The molecule has 1 atom stereocenters. The first kappa shape index (κ1) is 24.1. The summed E-state index contributed by atoms with van der Waals surface area (Å²) in [7, 11) is 1.62. The zero-order valence-corrected chi connectivity index (χ0v) is 19.5. The highest BCUT2D eigenvalue weighted by Gasteiger charge is 2.28. The summed E-state index contributed by atoms with van der Waals surface area (Å²) in [5, 5.41) is 2.85. The molecule has 0 heterocycles. The zero-order valence-electron chi connectivity index (χ0n) is 19.5. The second kappa shape index (κ2) is 11.9. The molecular formula is C28H32N2O3. The fraction of sp³-hybridized carbons (Fsp3) is 0.286. The van der Waals surface area contributed by atoms with Crippen LogP contribution in [0.5, 0.6) is 5.75 Å². The number of nitrogens with one attached hydrogen (secondary N) is 1. The van der Waals surface area contributed by atoms with Crippen LogP contribution in [0.4, 0.5) is 0 Å². The fourth-order valence-electron chi connectivity index (χ4n) is 3.92. The summed E-state index contributed by atoms with van der Waals surface area (Å²) < 4.78 is 5.25. The molecule has 5 nitrogen and oxygen atoms in total. The summed E-state index contributed by atoms with van der Waals surface area (Å²) in [5.74, 6) is 0.430. The molecule has 0 aliphatic rings. The van der Waals surface area contributed by atoms with Gasteiger partial charge in [0.05, 0.1) is 7.11 Å². The molecule has 0 fully saturated rings. The number of carbonyl (C=O) groups is 2. The Balaban J connectivity index is 1.90. The topological polar surface area (TPSA) is 58.6 Å². The van der Waals surface area contributed by atoms with Crippen LogP contribution in [0.25, 0.3) is 0 Å². The minimum absolute atomic E-state index is 0.0673. The van der Waals surface area contributed by atoms with E-state index in [1.165, 1.54) is 0 Å². The Hall–Kier alpha value is -3.60. The van der Waals surface area contributed by atoms with Crippen molar-refractivity contribution in [3.63, 3.8) is 0 Å². The molecule has 5 heteroatoms. The van der Waals surface area contributed by atoms with Crippen molar-refractivity contribution in [2.24, 2.45) is 0 Å². The first-order valence-corrected chi connectivity index (χ1v) is 11.3. The Morgan fingerprint density at radius 3 is 1.91 bits per heavy atom. The lowest BCUT2D eigenvalue weighted by atomic mass is 9.88. The van der Waals surface area contributed by atoms with Crippen molar-refractivity contribution >= 4 is 11.8 Å². The van der Waals surface area contributed by atoms with E-state index in [1.807, 2.05) is 91.9 Å². The highest BCUT2D eigenvalue weighted by atomic mass is 16.5. The molecule has 0 aliphatic heterocycles. The minimum Gasteiger partial charge on any atom is -0.497 e. The molecule has 0 bridgehead atoms. The average Bonchev–Trinajstić information content (AvgIpc) is 2.86. The van der Waals surface area contributed by atoms with Crippen molar-refractivity contribution in [2.45, 2.75) is 38.8 Å². The second-order valence-electron chi connectivity index (χ2n) is 8.02. The van der Waals surface area contributed by atoms with E-state index in [1.54, 1.807) is 18.9 Å². The average molecular weight is 445 g/mol. The van der Waals surface area contributed by atoms with E-state index in [4.69, 9.17) is 4.74 Å². The Morgan fingerprint density at radius 1 is 0.879 bits per heavy atom. The smallest absolute Gasteiger partial charge is 0.242 e. The standard InChI is InChI=1S/C28H32N2O3/c1-4-29-28(32)21(2)30(20-22-15-17-25(33-3)18-16-22)27(31)19-26(23-11-7-5-8-12-23)24-13-9-6-10-14-24/h5-18,21,26H,4,19-20H2,1-3H3,(H,29,32)/t21-/m1/s1. The largest absolute Gasteiger partial charge is 0.497 e. The molecule has 0 radical (unpaired) electrons. The highest BCUT2D eigenvalue weighted by Crippen LogP contribution is 2.29. The van der Waals surface area contributed by atoms with Crippen molar-refractivity contribution < 1.29 is 14.3 Å². The SMILES string of the molecule is CCNC(=O)[C@@H](C)N(Cc1ccc(OC)cc1)C(=O)CC(c1ccccc1)c1ccccc1. The van der Waals surface area contributed by atoms with Gasteiger partial charge in [-0.15, -0.1) is 0 Å². The van der Waals surface area contributed by atoms with E-state index < -0.39 is 6.04 Å². The fourth-order valence-corrected chi connectivity index (χ4v) is 3.92. The Labute approximate surface area is 196 Å². The Bertz CT molecular complexity index is 981. The van der Waals surface area contributed by atoms with Gasteiger partial charge in [0.15, 0.2) is 0 Å². The third kappa shape index (κ3) is 6.45. The molecule has 0 aromatic heterocycles. The van der Waals surface area contributed by atoms with Gasteiger partial charge in [0, 0.05) is 25.4 Å². The monoisotopic (exact) mass is 444 g/mol. The van der Waals surface area contributed by atoms with Gasteiger partial charge in [-0.1, -0.05) is 72.8 Å². The minimum atomic E-state index is -0.591. The number of methoxy groups -OCH3 is 1. The quantitative estimate of drug-likeness (QED) is 0.490. The van der Waals surface area contributed by atoms with Gasteiger partial charge < -0.3 is 15.0 Å². The number of nitrogens with zero attached hydrogens (tertiary/aromatic N) is 1. The predicted molar refractivity (Wildman–Crippen MR) is 131 cm³/mol. The number of likely N-dealkylation sites (N-methyl/N-ethyl adjacent to an activating group) is 1. The number of carbonyl (C=O) groups excluding carboxylic acids is 2. The first-order chi connectivity index (χ1) is 16.0. The zero-order chi connectivity index (χ0) is 23.6. The maximum Gasteiger partial charge on any atom is 0.242 e. The molecule has 0 unspecified atom stereocenters. The van der Waals surface area contributed by atoms with Crippen LogP contribution >= 0.6 is 0 Å². The van der Waals surface area contributed by atoms with Crippen molar-refractivity contribution in [2.75, 3.05) is 13.7 Å². The van der Waals surface area contributed by atoms with Crippen LogP contribution in [0.2, 0.25) is 0 Å². The molecule has 3 aromatic rings. The molecule has 0 aliphatic carbocycles. The van der Waals surface area contributed by atoms with Crippen molar-refractivity contribution in [1.29, 1.82) is 0 Å². The molecule has 3 rings (SSSR count). The van der Waals surface area contributed by atoms with Gasteiger partial charge in [-0.05, 0) is 42.7 Å². The lowest BCUT2D eigenvalue weighted by Crippen LogP contribution is -2.47. The predicted octanol–water partition coefficient (Wildman–Crippen LogP) is 4.77. The van der Waals surface area contributed by atoms with E-state index in [0.29, 0.717) is 13.1 Å². The van der Waals surface area contributed by atoms with Crippen LogP contribution in [-0.4, -0.2) is 36.4 Å². The van der Waals surface area contributed by atoms with Crippen LogP contribution in [-0.2, 0) is 16.1 Å². The van der Waals surface area contributed by atoms with E-state index in [2.05, 4.69) is 5.32 Å². The molecule has 3 aromatic carbocycles.